The molecule has 0 fully saturated rings. The Labute approximate surface area is 189 Å². The fourth-order valence-electron chi connectivity index (χ4n) is 4.08. The Bertz CT molecular complexity index is 1110. The smallest absolute Gasteiger partial charge is 0.294 e. The van der Waals surface area contributed by atoms with E-state index in [-0.39, 0.29) is 4.90 Å². The highest BCUT2D eigenvalue weighted by molar-refractivity contribution is 7.85. The van der Waals surface area contributed by atoms with Crippen molar-refractivity contribution in [1.82, 2.24) is 0 Å². The first-order chi connectivity index (χ1) is 15.1. The summed E-state index contributed by atoms with van der Waals surface area (Å²) in [7, 11) is -4.30. The van der Waals surface area contributed by atoms with Crippen molar-refractivity contribution in [2.75, 3.05) is 11.9 Å². The van der Waals surface area contributed by atoms with E-state index in [0.29, 0.717) is 19.4 Å². The molecule has 32 heavy (non-hydrogen) atoms. The van der Waals surface area contributed by atoms with E-state index in [1.54, 1.807) is 12.1 Å². The zero-order valence-electron chi connectivity index (χ0n) is 18.4. The summed E-state index contributed by atoms with van der Waals surface area (Å²) in [4.78, 5) is -0.117. The first-order valence-corrected chi connectivity index (χ1v) is 12.2. The van der Waals surface area contributed by atoms with Crippen LogP contribution in [0.5, 0.6) is 0 Å². The number of fused-ring (bicyclic) bond motifs is 1. The molecule has 1 heterocycles. The lowest BCUT2D eigenvalue weighted by Crippen LogP contribution is -2.28. The topological polar surface area (TPSA) is 110 Å². The number of nitrogens with zero attached hydrogens (tertiary/aromatic N) is 1. The van der Waals surface area contributed by atoms with Crippen molar-refractivity contribution in [2.45, 2.75) is 56.1 Å². The maximum atomic E-state index is 11.7. The first-order valence-electron chi connectivity index (χ1n) is 10.7. The molecule has 4 N–H and O–H groups in total. The van der Waals surface area contributed by atoms with Crippen molar-refractivity contribution in [3.05, 3.63) is 66.4 Å². The molecule has 172 valence electrons. The van der Waals surface area contributed by atoms with Crippen LogP contribution in [0.1, 0.15) is 45.1 Å². The molecule has 2 aromatic carbocycles. The van der Waals surface area contributed by atoms with E-state index in [1.807, 2.05) is 56.5 Å². The zero-order chi connectivity index (χ0) is 23.4. The second kappa shape index (κ2) is 9.95. The fraction of sp³-hybridized carbons (Fsp3) is 0.375. The lowest BCUT2D eigenvalue weighted by Gasteiger charge is -2.16. The molecule has 0 radical (unpaired) electrons. The summed E-state index contributed by atoms with van der Waals surface area (Å²) in [5.41, 5.74) is 3.22. The van der Waals surface area contributed by atoms with Crippen LogP contribution >= 0.6 is 0 Å². The molecule has 3 rings (SSSR count). The number of aliphatic hydroxyl groups excluding tert-OH is 1. The minimum absolute atomic E-state index is 0.117. The van der Waals surface area contributed by atoms with Gasteiger partial charge >= 0.3 is 0 Å². The Balaban J connectivity index is 1.91. The van der Waals surface area contributed by atoms with Crippen LogP contribution < -0.4 is 5.32 Å². The molecular formula is C24H31N2O5S+. The molecule has 0 unspecified atom stereocenters. The summed E-state index contributed by atoms with van der Waals surface area (Å²) in [6.45, 7) is 4.77. The molecule has 0 amide bonds. The molecular weight excluding hydrogens is 428 g/mol. The van der Waals surface area contributed by atoms with Gasteiger partial charge in [0.1, 0.15) is 6.54 Å². The van der Waals surface area contributed by atoms with E-state index in [1.165, 1.54) is 6.07 Å². The normalized spacial score (nSPS) is 15.6. The van der Waals surface area contributed by atoms with E-state index >= 15 is 0 Å². The van der Waals surface area contributed by atoms with Gasteiger partial charge in [-0.15, -0.1) is 0 Å². The molecule has 7 nitrogen and oxygen atoms in total. The average Bonchev–Trinajstić information content (AvgIpc) is 2.94. The largest absolute Gasteiger partial charge is 0.368 e. The maximum absolute atomic E-state index is 11.7. The molecule has 2 aromatic rings. The third kappa shape index (κ3) is 5.63. The van der Waals surface area contributed by atoms with E-state index in [0.717, 1.165) is 35.5 Å². The molecule has 0 bridgehead atoms. The monoisotopic (exact) mass is 459 g/mol. The number of aliphatic hydroxyl groups is 2. The van der Waals surface area contributed by atoms with Crippen LogP contribution in [0.2, 0.25) is 0 Å². The quantitative estimate of drug-likeness (QED) is 0.186. The molecule has 0 atom stereocenters. The number of benzene rings is 2. The third-order valence-corrected chi connectivity index (χ3v) is 6.62. The van der Waals surface area contributed by atoms with Gasteiger partial charge in [-0.05, 0) is 57.4 Å². The molecule has 1 aliphatic heterocycles. The van der Waals surface area contributed by atoms with Gasteiger partial charge in [-0.25, -0.2) is 0 Å². The van der Waals surface area contributed by atoms with Crippen LogP contribution in [0.25, 0.3) is 0 Å². The maximum Gasteiger partial charge on any atom is 0.294 e. The van der Waals surface area contributed by atoms with E-state index in [4.69, 9.17) is 10.2 Å². The minimum atomic E-state index is -4.30. The molecule has 1 aliphatic rings. The standard InChI is InChI=1S/C24H30N2O5S/c1-24(2)20-17-19(32(29,30)31)12-13-21(20)26(16-8-4-7-11-23(27)28)22(24)14-15-25-18-9-5-3-6-10-18/h3,5-6,9-10,12-15,17,23,27-28H,4,7-8,11,16H2,1-2H3,(H,29,30,31)/p+1. The van der Waals surface area contributed by atoms with Crippen LogP contribution in [0.4, 0.5) is 11.4 Å². The Kier molecular flexibility index (Phi) is 7.51. The number of rotatable bonds is 10. The minimum Gasteiger partial charge on any atom is -0.368 e. The third-order valence-electron chi connectivity index (χ3n) is 5.77. The lowest BCUT2D eigenvalue weighted by molar-refractivity contribution is -0.438. The summed E-state index contributed by atoms with van der Waals surface area (Å²) < 4.78 is 35.1. The van der Waals surface area contributed by atoms with Crippen LogP contribution in [0.3, 0.4) is 0 Å². The van der Waals surface area contributed by atoms with Crippen molar-refractivity contribution in [3.8, 4) is 0 Å². The van der Waals surface area contributed by atoms with Gasteiger partial charge < -0.3 is 15.5 Å². The van der Waals surface area contributed by atoms with Crippen LogP contribution in [-0.4, -0.2) is 46.3 Å². The highest BCUT2D eigenvalue weighted by Crippen LogP contribution is 2.41. The number of para-hydroxylation sites is 1. The van der Waals surface area contributed by atoms with Gasteiger partial charge in [0.2, 0.25) is 5.69 Å². The molecule has 0 saturated carbocycles. The van der Waals surface area contributed by atoms with Crippen molar-refractivity contribution >= 4 is 27.2 Å². The molecule has 0 aromatic heterocycles. The Morgan fingerprint density at radius 1 is 1.06 bits per heavy atom. The number of unbranched alkanes of at least 4 members (excludes halogenated alkanes) is 2. The van der Waals surface area contributed by atoms with E-state index in [9.17, 15) is 13.0 Å². The highest BCUT2D eigenvalue weighted by Gasteiger charge is 2.44. The van der Waals surface area contributed by atoms with Gasteiger partial charge in [0, 0.05) is 36.0 Å². The summed E-state index contributed by atoms with van der Waals surface area (Å²) in [5.74, 6) is 0. The van der Waals surface area contributed by atoms with E-state index in [2.05, 4.69) is 9.89 Å². The lowest BCUT2D eigenvalue weighted by atomic mass is 9.81. The number of allylic oxidation sites excluding steroid dienone is 1. The van der Waals surface area contributed by atoms with E-state index < -0.39 is 21.8 Å². The average molecular weight is 460 g/mol. The van der Waals surface area contributed by atoms with Crippen LogP contribution in [0.15, 0.2) is 65.7 Å². The SMILES string of the molecule is CC1(C)C(/C=C/Nc2ccccc2)=[N+](CCCCCC(O)O)c2ccc(S(=O)(=O)O)cc21. The number of hydrogen-bond acceptors (Lipinski definition) is 5. The number of anilines is 1. The van der Waals surface area contributed by atoms with Crippen molar-refractivity contribution in [3.63, 3.8) is 0 Å². The molecule has 8 heteroatoms. The first kappa shape index (κ1) is 24.1. The van der Waals surface area contributed by atoms with Crippen molar-refractivity contribution < 1.29 is 27.8 Å². The van der Waals surface area contributed by atoms with Crippen LogP contribution in [0, 0.1) is 0 Å². The van der Waals surface area contributed by atoms with Gasteiger partial charge in [0.25, 0.3) is 10.1 Å². The zero-order valence-corrected chi connectivity index (χ0v) is 19.2. The number of hydrogen-bond donors (Lipinski definition) is 4. The Morgan fingerprint density at radius 2 is 1.78 bits per heavy atom. The summed E-state index contributed by atoms with van der Waals surface area (Å²) >= 11 is 0. The number of nitrogens with one attached hydrogen (secondary N) is 1. The highest BCUT2D eigenvalue weighted by atomic mass is 32.2. The summed E-state index contributed by atoms with van der Waals surface area (Å²) in [5, 5.41) is 21.3. The van der Waals surface area contributed by atoms with Gasteiger partial charge in [-0.3, -0.25) is 4.55 Å². The summed E-state index contributed by atoms with van der Waals surface area (Å²) in [6.07, 6.45) is 5.32. The van der Waals surface area contributed by atoms with Gasteiger partial charge in [-0.2, -0.15) is 13.0 Å². The molecule has 0 saturated heterocycles. The molecule has 0 spiro atoms. The summed E-state index contributed by atoms with van der Waals surface area (Å²) in [6, 6.07) is 14.5. The van der Waals surface area contributed by atoms with Crippen LogP contribution in [-0.2, 0) is 15.5 Å². The molecule has 0 aliphatic carbocycles. The second-order valence-corrected chi connectivity index (χ2v) is 9.91. The predicted octanol–water partition coefficient (Wildman–Crippen LogP) is 3.81. The van der Waals surface area contributed by atoms with Gasteiger partial charge in [0.15, 0.2) is 12.0 Å². The van der Waals surface area contributed by atoms with Crippen molar-refractivity contribution in [2.24, 2.45) is 0 Å². The fourth-order valence-corrected chi connectivity index (χ4v) is 4.59. The predicted molar refractivity (Wildman–Crippen MR) is 125 cm³/mol. The Hall–Kier alpha value is -2.52. The van der Waals surface area contributed by atoms with Gasteiger partial charge in [-0.1, -0.05) is 18.2 Å². The Morgan fingerprint density at radius 3 is 2.44 bits per heavy atom. The second-order valence-electron chi connectivity index (χ2n) is 8.49. The van der Waals surface area contributed by atoms with Crippen molar-refractivity contribution in [1.29, 1.82) is 0 Å². The van der Waals surface area contributed by atoms with Gasteiger partial charge in [0.05, 0.1) is 10.3 Å².